The normalized spacial score (nSPS) is 10.3. The molecule has 1 N–H and O–H groups in total. The predicted octanol–water partition coefficient (Wildman–Crippen LogP) is 4.00. The lowest BCUT2D eigenvalue weighted by molar-refractivity contribution is 0.0691. The van der Waals surface area contributed by atoms with E-state index < -0.39 is 17.6 Å². The Morgan fingerprint density at radius 2 is 1.95 bits per heavy atom. The summed E-state index contributed by atoms with van der Waals surface area (Å²) in [6.07, 6.45) is 0. The van der Waals surface area contributed by atoms with Crippen LogP contribution in [0.15, 0.2) is 40.9 Å². The van der Waals surface area contributed by atoms with Crippen molar-refractivity contribution in [2.45, 2.75) is 6.61 Å². The first-order chi connectivity index (χ1) is 9.49. The summed E-state index contributed by atoms with van der Waals surface area (Å²) in [6, 6.07) is 7.97. The molecule has 0 fully saturated rings. The van der Waals surface area contributed by atoms with Gasteiger partial charge in [-0.25, -0.2) is 13.6 Å². The van der Waals surface area contributed by atoms with Crippen LogP contribution in [0.1, 0.15) is 15.9 Å². The van der Waals surface area contributed by atoms with Crippen molar-refractivity contribution in [1.29, 1.82) is 0 Å². The second-order valence-corrected chi connectivity index (χ2v) is 4.81. The summed E-state index contributed by atoms with van der Waals surface area (Å²) < 4.78 is 31.7. The average molecular weight is 343 g/mol. The molecule has 0 spiro atoms. The fourth-order valence-corrected chi connectivity index (χ4v) is 2.09. The maximum Gasteiger partial charge on any atom is 0.339 e. The van der Waals surface area contributed by atoms with Gasteiger partial charge in [0.25, 0.3) is 0 Å². The SMILES string of the molecule is O=C(O)c1cccc(Br)c1OCc1ccc(F)c(F)c1. The first-order valence-corrected chi connectivity index (χ1v) is 6.37. The molecule has 0 radical (unpaired) electrons. The van der Waals surface area contributed by atoms with Crippen molar-refractivity contribution in [3.63, 3.8) is 0 Å². The van der Waals surface area contributed by atoms with E-state index >= 15 is 0 Å². The molecule has 0 amide bonds. The Bertz CT molecular complexity index is 659. The summed E-state index contributed by atoms with van der Waals surface area (Å²) in [6.45, 7) is -0.0694. The number of benzene rings is 2. The van der Waals surface area contributed by atoms with E-state index in [1.165, 1.54) is 12.1 Å². The molecule has 104 valence electrons. The maximum atomic E-state index is 13.1. The van der Waals surface area contributed by atoms with E-state index in [2.05, 4.69) is 15.9 Å². The Morgan fingerprint density at radius 1 is 1.20 bits per heavy atom. The molecule has 0 aliphatic rings. The molecule has 0 aliphatic heterocycles. The summed E-state index contributed by atoms with van der Waals surface area (Å²) in [5, 5.41) is 9.06. The van der Waals surface area contributed by atoms with Gasteiger partial charge in [0, 0.05) is 0 Å². The molecule has 0 bridgehead atoms. The minimum Gasteiger partial charge on any atom is -0.487 e. The minimum atomic E-state index is -1.13. The number of hydrogen-bond donors (Lipinski definition) is 1. The number of carbonyl (C=O) groups is 1. The van der Waals surface area contributed by atoms with Crippen molar-refractivity contribution in [2.75, 3.05) is 0 Å². The monoisotopic (exact) mass is 342 g/mol. The third-order valence-electron chi connectivity index (χ3n) is 2.56. The molecule has 2 aromatic rings. The minimum absolute atomic E-state index is 0.0121. The number of ether oxygens (including phenoxy) is 1. The van der Waals surface area contributed by atoms with Gasteiger partial charge in [-0.05, 0) is 45.8 Å². The van der Waals surface area contributed by atoms with E-state index in [-0.39, 0.29) is 17.9 Å². The zero-order valence-electron chi connectivity index (χ0n) is 10.1. The second-order valence-electron chi connectivity index (χ2n) is 3.96. The fraction of sp³-hybridized carbons (Fsp3) is 0.0714. The highest BCUT2D eigenvalue weighted by Gasteiger charge is 2.14. The van der Waals surface area contributed by atoms with Crippen molar-refractivity contribution < 1.29 is 23.4 Å². The highest BCUT2D eigenvalue weighted by atomic mass is 79.9. The number of halogens is 3. The zero-order chi connectivity index (χ0) is 14.7. The molecule has 3 nitrogen and oxygen atoms in total. The van der Waals surface area contributed by atoms with Gasteiger partial charge in [0.15, 0.2) is 11.6 Å². The van der Waals surface area contributed by atoms with E-state index in [9.17, 15) is 13.6 Å². The smallest absolute Gasteiger partial charge is 0.339 e. The largest absolute Gasteiger partial charge is 0.487 e. The third-order valence-corrected chi connectivity index (χ3v) is 3.19. The van der Waals surface area contributed by atoms with Crippen LogP contribution in [0, 0.1) is 11.6 Å². The number of carboxylic acids is 1. The van der Waals surface area contributed by atoms with Crippen LogP contribution in [-0.4, -0.2) is 11.1 Å². The summed E-state index contributed by atoms with van der Waals surface area (Å²) in [4.78, 5) is 11.1. The Balaban J connectivity index is 2.22. The Morgan fingerprint density at radius 3 is 2.60 bits per heavy atom. The number of carboxylic acid groups (broad SMARTS) is 1. The van der Waals surface area contributed by atoms with E-state index in [0.29, 0.717) is 10.0 Å². The fourth-order valence-electron chi connectivity index (χ4n) is 1.61. The van der Waals surface area contributed by atoms with Gasteiger partial charge in [0.05, 0.1) is 4.47 Å². The van der Waals surface area contributed by atoms with Crippen LogP contribution >= 0.6 is 15.9 Å². The molecule has 2 aromatic carbocycles. The van der Waals surface area contributed by atoms with Gasteiger partial charge in [-0.1, -0.05) is 12.1 Å². The predicted molar refractivity (Wildman–Crippen MR) is 71.8 cm³/mol. The number of para-hydroxylation sites is 1. The summed E-state index contributed by atoms with van der Waals surface area (Å²) in [7, 11) is 0. The van der Waals surface area contributed by atoms with Crippen LogP contribution in [0.2, 0.25) is 0 Å². The number of aromatic carboxylic acids is 1. The average Bonchev–Trinajstić information content (AvgIpc) is 2.40. The van der Waals surface area contributed by atoms with Crippen molar-refractivity contribution in [3.05, 3.63) is 63.6 Å². The Hall–Kier alpha value is -1.95. The molecule has 2 rings (SSSR count). The lowest BCUT2D eigenvalue weighted by atomic mass is 10.2. The van der Waals surface area contributed by atoms with Crippen LogP contribution in [0.3, 0.4) is 0 Å². The van der Waals surface area contributed by atoms with Crippen molar-refractivity contribution in [3.8, 4) is 5.75 Å². The van der Waals surface area contributed by atoms with Crippen LogP contribution in [0.4, 0.5) is 8.78 Å². The first-order valence-electron chi connectivity index (χ1n) is 5.57. The summed E-state index contributed by atoms with van der Waals surface area (Å²) in [5.41, 5.74) is 0.387. The Kier molecular flexibility index (Phi) is 4.34. The second kappa shape index (κ2) is 6.00. The lowest BCUT2D eigenvalue weighted by Gasteiger charge is -2.11. The van der Waals surface area contributed by atoms with Gasteiger partial charge >= 0.3 is 5.97 Å². The highest BCUT2D eigenvalue weighted by Crippen LogP contribution is 2.30. The summed E-state index contributed by atoms with van der Waals surface area (Å²) >= 11 is 3.19. The van der Waals surface area contributed by atoms with Crippen LogP contribution in [0.25, 0.3) is 0 Å². The van der Waals surface area contributed by atoms with Crippen LogP contribution in [-0.2, 0) is 6.61 Å². The van der Waals surface area contributed by atoms with Gasteiger partial charge in [-0.2, -0.15) is 0 Å². The molecule has 0 saturated heterocycles. The van der Waals surface area contributed by atoms with Crippen molar-refractivity contribution in [2.24, 2.45) is 0 Å². The molecule has 0 unspecified atom stereocenters. The van der Waals surface area contributed by atoms with E-state index in [1.807, 2.05) is 0 Å². The molecule has 20 heavy (non-hydrogen) atoms. The molecule has 0 saturated carbocycles. The van der Waals surface area contributed by atoms with Gasteiger partial charge in [-0.3, -0.25) is 0 Å². The Labute approximate surface area is 121 Å². The lowest BCUT2D eigenvalue weighted by Crippen LogP contribution is -2.04. The zero-order valence-corrected chi connectivity index (χ0v) is 11.7. The molecule has 0 heterocycles. The van der Waals surface area contributed by atoms with Crippen molar-refractivity contribution >= 4 is 21.9 Å². The van der Waals surface area contributed by atoms with Gasteiger partial charge in [0.1, 0.15) is 17.9 Å². The topological polar surface area (TPSA) is 46.5 Å². The van der Waals surface area contributed by atoms with E-state index in [0.717, 1.165) is 12.1 Å². The van der Waals surface area contributed by atoms with Crippen LogP contribution < -0.4 is 4.74 Å². The molecule has 0 atom stereocenters. The van der Waals surface area contributed by atoms with Crippen LogP contribution in [0.5, 0.6) is 5.75 Å². The molecular weight excluding hydrogens is 334 g/mol. The van der Waals surface area contributed by atoms with Crippen molar-refractivity contribution in [1.82, 2.24) is 0 Å². The molecule has 0 aliphatic carbocycles. The maximum absolute atomic E-state index is 13.1. The number of hydrogen-bond acceptors (Lipinski definition) is 2. The summed E-state index contributed by atoms with van der Waals surface area (Å²) in [5.74, 6) is -2.91. The molecule has 0 aromatic heterocycles. The van der Waals surface area contributed by atoms with E-state index in [4.69, 9.17) is 9.84 Å². The van der Waals surface area contributed by atoms with Gasteiger partial charge in [0.2, 0.25) is 0 Å². The standard InChI is InChI=1S/C14H9BrF2O3/c15-10-3-1-2-9(14(18)19)13(10)20-7-8-4-5-11(16)12(17)6-8/h1-6H,7H2,(H,18,19). The molecular formula is C14H9BrF2O3. The van der Waals surface area contributed by atoms with E-state index in [1.54, 1.807) is 12.1 Å². The van der Waals surface area contributed by atoms with Gasteiger partial charge < -0.3 is 9.84 Å². The highest BCUT2D eigenvalue weighted by molar-refractivity contribution is 9.10. The molecule has 6 heteroatoms. The first kappa shape index (κ1) is 14.5. The third kappa shape index (κ3) is 3.14. The van der Waals surface area contributed by atoms with Gasteiger partial charge in [-0.15, -0.1) is 0 Å². The number of rotatable bonds is 4. The quantitative estimate of drug-likeness (QED) is 0.913.